The van der Waals surface area contributed by atoms with Gasteiger partial charge in [-0.15, -0.1) is 0 Å². The summed E-state index contributed by atoms with van der Waals surface area (Å²) in [6.45, 7) is 1.91. The molecule has 1 amide bonds. The van der Waals surface area contributed by atoms with E-state index in [0.29, 0.717) is 5.75 Å². The molecule has 1 unspecified atom stereocenters. The van der Waals surface area contributed by atoms with Crippen LogP contribution in [0.1, 0.15) is 23.2 Å². The van der Waals surface area contributed by atoms with Crippen molar-refractivity contribution in [1.82, 2.24) is 10.2 Å². The molecule has 5 nitrogen and oxygen atoms in total. The van der Waals surface area contributed by atoms with Gasteiger partial charge in [-0.3, -0.25) is 4.79 Å². The van der Waals surface area contributed by atoms with Crippen LogP contribution < -0.4 is 10.1 Å². The summed E-state index contributed by atoms with van der Waals surface area (Å²) in [6.07, 6.45) is 2.05. The molecule has 1 aliphatic rings. The molecule has 1 heterocycles. The third-order valence-corrected chi connectivity index (χ3v) is 3.41. The second-order valence-electron chi connectivity index (χ2n) is 4.96. The number of phenols is 1. The quantitative estimate of drug-likeness (QED) is 0.862. The molecule has 1 saturated heterocycles. The largest absolute Gasteiger partial charge is 0.507 e. The van der Waals surface area contributed by atoms with Crippen molar-refractivity contribution in [3.05, 3.63) is 23.8 Å². The minimum Gasteiger partial charge on any atom is -0.507 e. The molecule has 2 rings (SSSR count). The standard InChI is InChI=1S/C14H20N2O3/c1-16-7-3-4-10(9-16)15-14(18)12-8-11(19-2)5-6-13(12)17/h5-6,8,10,17H,3-4,7,9H2,1-2H3,(H,15,18). The van der Waals surface area contributed by atoms with E-state index in [4.69, 9.17) is 4.74 Å². The lowest BCUT2D eigenvalue weighted by Gasteiger charge is -2.30. The van der Waals surface area contributed by atoms with E-state index in [1.165, 1.54) is 13.2 Å². The molecular weight excluding hydrogens is 244 g/mol. The summed E-state index contributed by atoms with van der Waals surface area (Å²) in [6, 6.07) is 4.79. The van der Waals surface area contributed by atoms with Crippen LogP contribution in [0.15, 0.2) is 18.2 Å². The predicted molar refractivity (Wildman–Crippen MR) is 72.6 cm³/mol. The second kappa shape index (κ2) is 5.93. The maximum absolute atomic E-state index is 12.2. The van der Waals surface area contributed by atoms with Gasteiger partial charge < -0.3 is 20.1 Å². The highest BCUT2D eigenvalue weighted by atomic mass is 16.5. The van der Waals surface area contributed by atoms with Crippen molar-refractivity contribution in [1.29, 1.82) is 0 Å². The molecule has 104 valence electrons. The summed E-state index contributed by atoms with van der Waals surface area (Å²) in [7, 11) is 3.57. The minimum atomic E-state index is -0.253. The molecule has 0 bridgehead atoms. The molecule has 0 saturated carbocycles. The molecule has 0 radical (unpaired) electrons. The van der Waals surface area contributed by atoms with E-state index in [0.717, 1.165) is 25.9 Å². The summed E-state index contributed by atoms with van der Waals surface area (Å²) in [5.41, 5.74) is 0.257. The Morgan fingerprint density at radius 3 is 3.00 bits per heavy atom. The van der Waals surface area contributed by atoms with Gasteiger partial charge in [-0.05, 0) is 44.6 Å². The lowest BCUT2D eigenvalue weighted by Crippen LogP contribution is -2.46. The van der Waals surface area contributed by atoms with Crippen molar-refractivity contribution in [2.24, 2.45) is 0 Å². The van der Waals surface area contributed by atoms with Gasteiger partial charge in [-0.2, -0.15) is 0 Å². The fourth-order valence-corrected chi connectivity index (χ4v) is 2.37. The number of likely N-dealkylation sites (tertiary alicyclic amines) is 1. The van der Waals surface area contributed by atoms with Crippen LogP contribution in [0.3, 0.4) is 0 Å². The number of aromatic hydroxyl groups is 1. The average molecular weight is 264 g/mol. The fourth-order valence-electron chi connectivity index (χ4n) is 2.37. The van der Waals surface area contributed by atoms with Gasteiger partial charge in [0.25, 0.3) is 5.91 Å². The molecule has 1 fully saturated rings. The number of benzene rings is 1. The molecule has 1 aromatic rings. The van der Waals surface area contributed by atoms with Gasteiger partial charge in [0.2, 0.25) is 0 Å². The number of hydrogen-bond donors (Lipinski definition) is 2. The molecule has 19 heavy (non-hydrogen) atoms. The van der Waals surface area contributed by atoms with Crippen molar-refractivity contribution in [2.45, 2.75) is 18.9 Å². The molecule has 1 atom stereocenters. The molecule has 1 aromatic carbocycles. The highest BCUT2D eigenvalue weighted by Gasteiger charge is 2.21. The van der Waals surface area contributed by atoms with E-state index < -0.39 is 0 Å². The number of nitrogens with zero attached hydrogens (tertiary/aromatic N) is 1. The Hall–Kier alpha value is -1.75. The van der Waals surface area contributed by atoms with E-state index in [1.54, 1.807) is 12.1 Å². The number of methoxy groups -OCH3 is 1. The summed E-state index contributed by atoms with van der Waals surface area (Å²) in [4.78, 5) is 14.4. The lowest BCUT2D eigenvalue weighted by molar-refractivity contribution is 0.0909. The Morgan fingerprint density at radius 1 is 1.53 bits per heavy atom. The van der Waals surface area contributed by atoms with Crippen LogP contribution in [-0.4, -0.2) is 49.2 Å². The topological polar surface area (TPSA) is 61.8 Å². The maximum Gasteiger partial charge on any atom is 0.255 e. The Kier molecular flexibility index (Phi) is 4.27. The van der Waals surface area contributed by atoms with Gasteiger partial charge in [0.15, 0.2) is 0 Å². The molecule has 0 aromatic heterocycles. The highest BCUT2D eigenvalue weighted by molar-refractivity contribution is 5.97. The number of amides is 1. The van der Waals surface area contributed by atoms with Crippen LogP contribution in [0.2, 0.25) is 0 Å². The first-order valence-corrected chi connectivity index (χ1v) is 6.46. The number of carbonyl (C=O) groups excluding carboxylic acids is 1. The van der Waals surface area contributed by atoms with Crippen LogP contribution >= 0.6 is 0 Å². The number of phenolic OH excluding ortho intramolecular Hbond substituents is 1. The minimum absolute atomic E-state index is 0.0255. The number of hydrogen-bond acceptors (Lipinski definition) is 4. The van der Waals surface area contributed by atoms with Gasteiger partial charge in [0.05, 0.1) is 12.7 Å². The third-order valence-electron chi connectivity index (χ3n) is 3.41. The zero-order chi connectivity index (χ0) is 13.8. The third kappa shape index (κ3) is 3.38. The van der Waals surface area contributed by atoms with Gasteiger partial charge in [0, 0.05) is 12.6 Å². The summed E-state index contributed by atoms with van der Waals surface area (Å²) >= 11 is 0. The first-order chi connectivity index (χ1) is 9.10. The van der Waals surface area contributed by atoms with E-state index in [9.17, 15) is 9.90 Å². The molecule has 2 N–H and O–H groups in total. The molecule has 0 aliphatic carbocycles. The lowest BCUT2D eigenvalue weighted by atomic mass is 10.1. The molecule has 0 spiro atoms. The Balaban J connectivity index is 2.06. The van der Waals surface area contributed by atoms with Gasteiger partial charge in [-0.1, -0.05) is 0 Å². The average Bonchev–Trinajstić information content (AvgIpc) is 2.39. The van der Waals surface area contributed by atoms with E-state index in [1.807, 2.05) is 7.05 Å². The zero-order valence-corrected chi connectivity index (χ0v) is 11.3. The van der Waals surface area contributed by atoms with E-state index >= 15 is 0 Å². The maximum atomic E-state index is 12.2. The summed E-state index contributed by atoms with van der Waals surface area (Å²) in [5.74, 6) is 0.280. The van der Waals surface area contributed by atoms with Crippen LogP contribution in [-0.2, 0) is 0 Å². The summed E-state index contributed by atoms with van der Waals surface area (Å²) < 4.78 is 5.07. The number of likely N-dealkylation sites (N-methyl/N-ethyl adjacent to an activating group) is 1. The monoisotopic (exact) mass is 264 g/mol. The van der Waals surface area contributed by atoms with Crippen LogP contribution in [0, 0.1) is 0 Å². The van der Waals surface area contributed by atoms with Crippen LogP contribution in [0.25, 0.3) is 0 Å². The fraction of sp³-hybridized carbons (Fsp3) is 0.500. The van der Waals surface area contributed by atoms with Crippen molar-refractivity contribution in [2.75, 3.05) is 27.2 Å². The van der Waals surface area contributed by atoms with Crippen LogP contribution in [0.4, 0.5) is 0 Å². The van der Waals surface area contributed by atoms with Gasteiger partial charge in [0.1, 0.15) is 11.5 Å². The van der Waals surface area contributed by atoms with Crippen molar-refractivity contribution >= 4 is 5.91 Å². The van der Waals surface area contributed by atoms with Gasteiger partial charge in [-0.25, -0.2) is 0 Å². The van der Waals surface area contributed by atoms with Crippen LogP contribution in [0.5, 0.6) is 11.5 Å². The molecule has 1 aliphatic heterocycles. The number of rotatable bonds is 3. The Labute approximate surface area is 113 Å². The summed E-state index contributed by atoms with van der Waals surface area (Å²) in [5, 5.41) is 12.7. The smallest absolute Gasteiger partial charge is 0.255 e. The normalized spacial score (nSPS) is 20.0. The van der Waals surface area contributed by atoms with Crippen molar-refractivity contribution in [3.8, 4) is 11.5 Å². The SMILES string of the molecule is COc1ccc(O)c(C(=O)NC2CCCN(C)C2)c1. The van der Waals surface area contributed by atoms with E-state index in [2.05, 4.69) is 10.2 Å². The predicted octanol–water partition coefficient (Wildman–Crippen LogP) is 1.22. The Morgan fingerprint density at radius 2 is 2.32 bits per heavy atom. The van der Waals surface area contributed by atoms with Gasteiger partial charge >= 0.3 is 0 Å². The first kappa shape index (κ1) is 13.7. The molecule has 5 heteroatoms. The van der Waals surface area contributed by atoms with E-state index in [-0.39, 0.29) is 23.3 Å². The molecular formula is C14H20N2O3. The number of ether oxygens (including phenoxy) is 1. The second-order valence-corrected chi connectivity index (χ2v) is 4.96. The number of carbonyl (C=O) groups is 1. The zero-order valence-electron chi connectivity index (χ0n) is 11.3. The highest BCUT2D eigenvalue weighted by Crippen LogP contribution is 2.23. The van der Waals surface area contributed by atoms with Crippen molar-refractivity contribution in [3.63, 3.8) is 0 Å². The number of nitrogens with one attached hydrogen (secondary N) is 1. The first-order valence-electron chi connectivity index (χ1n) is 6.46. The Bertz CT molecular complexity index is 462. The van der Waals surface area contributed by atoms with Crippen molar-refractivity contribution < 1.29 is 14.6 Å². The number of piperidine rings is 1.